The molecule has 0 radical (unpaired) electrons. The molecule has 0 N–H and O–H groups in total. The van der Waals surface area contributed by atoms with Gasteiger partial charge in [-0.25, -0.2) is 0 Å². The van der Waals surface area contributed by atoms with Gasteiger partial charge in [-0.05, 0) is 38.5 Å². The Morgan fingerprint density at radius 3 is 2.21 bits per heavy atom. The minimum absolute atomic E-state index is 1.04. The predicted octanol–water partition coefficient (Wildman–Crippen LogP) is 3.57. The van der Waals surface area contributed by atoms with Crippen LogP contribution in [0.1, 0.15) is 26.3 Å². The molecule has 1 nitrogen and oxygen atoms in total. The van der Waals surface area contributed by atoms with Crippen molar-refractivity contribution in [2.24, 2.45) is 0 Å². The minimum atomic E-state index is 1.04. The van der Waals surface area contributed by atoms with E-state index in [-0.39, 0.29) is 0 Å². The molecular formula is C13H19N. The highest BCUT2D eigenvalue weighted by molar-refractivity contribution is 5.57. The van der Waals surface area contributed by atoms with Crippen molar-refractivity contribution in [2.75, 3.05) is 18.5 Å². The van der Waals surface area contributed by atoms with Crippen LogP contribution in [0.25, 0.3) is 6.08 Å². The number of benzene rings is 1. The van der Waals surface area contributed by atoms with Gasteiger partial charge in [-0.2, -0.15) is 0 Å². The molecule has 0 amide bonds. The van der Waals surface area contributed by atoms with Crippen LogP contribution in [0.15, 0.2) is 29.8 Å². The van der Waals surface area contributed by atoms with Crippen LogP contribution in [0.3, 0.4) is 0 Å². The van der Waals surface area contributed by atoms with E-state index in [0.29, 0.717) is 0 Å². The van der Waals surface area contributed by atoms with Gasteiger partial charge in [0.25, 0.3) is 0 Å². The molecule has 0 fully saturated rings. The molecule has 14 heavy (non-hydrogen) atoms. The van der Waals surface area contributed by atoms with E-state index in [0.717, 1.165) is 6.54 Å². The van der Waals surface area contributed by atoms with Crippen molar-refractivity contribution in [3.05, 3.63) is 35.4 Å². The van der Waals surface area contributed by atoms with Gasteiger partial charge < -0.3 is 4.90 Å². The first-order valence-electron chi connectivity index (χ1n) is 5.09. The van der Waals surface area contributed by atoms with Crippen LogP contribution in [0.5, 0.6) is 0 Å². The Balaban J connectivity index is 2.84. The first kappa shape index (κ1) is 10.8. The molecular weight excluding hydrogens is 170 g/mol. The van der Waals surface area contributed by atoms with Gasteiger partial charge in [0.05, 0.1) is 0 Å². The molecule has 0 bridgehead atoms. The second-order valence-electron chi connectivity index (χ2n) is 3.83. The van der Waals surface area contributed by atoms with Crippen LogP contribution < -0.4 is 4.90 Å². The third kappa shape index (κ3) is 2.91. The summed E-state index contributed by atoms with van der Waals surface area (Å²) in [6.07, 6.45) is 2.19. The van der Waals surface area contributed by atoms with E-state index in [1.54, 1.807) is 0 Å². The Labute approximate surface area is 87.1 Å². The molecule has 0 unspecified atom stereocenters. The average Bonchev–Trinajstić information content (AvgIpc) is 2.17. The highest BCUT2D eigenvalue weighted by atomic mass is 15.1. The summed E-state index contributed by atoms with van der Waals surface area (Å²) in [6, 6.07) is 8.65. The SMILES string of the molecule is CCN(C)c1ccc(C=C(C)C)cc1. The van der Waals surface area contributed by atoms with E-state index in [2.05, 4.69) is 63.1 Å². The maximum Gasteiger partial charge on any atom is 0.0363 e. The smallest absolute Gasteiger partial charge is 0.0363 e. The van der Waals surface area contributed by atoms with E-state index in [4.69, 9.17) is 0 Å². The normalized spacial score (nSPS) is 9.71. The number of hydrogen-bond donors (Lipinski definition) is 0. The highest BCUT2D eigenvalue weighted by Gasteiger charge is 1.96. The number of nitrogens with zero attached hydrogens (tertiary/aromatic N) is 1. The summed E-state index contributed by atoms with van der Waals surface area (Å²) in [5.74, 6) is 0. The van der Waals surface area contributed by atoms with Crippen LogP contribution in [-0.4, -0.2) is 13.6 Å². The molecule has 1 heteroatoms. The zero-order valence-corrected chi connectivity index (χ0v) is 9.54. The largest absolute Gasteiger partial charge is 0.375 e. The molecule has 0 aliphatic carbocycles. The zero-order valence-electron chi connectivity index (χ0n) is 9.54. The second kappa shape index (κ2) is 4.85. The molecule has 1 aromatic carbocycles. The molecule has 0 heterocycles. The van der Waals surface area contributed by atoms with Crippen LogP contribution in [-0.2, 0) is 0 Å². The Morgan fingerprint density at radius 2 is 1.79 bits per heavy atom. The minimum Gasteiger partial charge on any atom is -0.375 e. The molecule has 1 rings (SSSR count). The fraction of sp³-hybridized carbons (Fsp3) is 0.385. The van der Waals surface area contributed by atoms with Crippen molar-refractivity contribution in [3.63, 3.8) is 0 Å². The summed E-state index contributed by atoms with van der Waals surface area (Å²) in [5, 5.41) is 0. The lowest BCUT2D eigenvalue weighted by Crippen LogP contribution is -2.15. The Hall–Kier alpha value is -1.24. The first-order chi connectivity index (χ1) is 6.63. The van der Waals surface area contributed by atoms with Gasteiger partial charge in [0.1, 0.15) is 0 Å². The van der Waals surface area contributed by atoms with Gasteiger partial charge in [0.15, 0.2) is 0 Å². The van der Waals surface area contributed by atoms with E-state index in [1.807, 2.05) is 0 Å². The van der Waals surface area contributed by atoms with E-state index in [9.17, 15) is 0 Å². The van der Waals surface area contributed by atoms with Crippen LogP contribution in [0, 0.1) is 0 Å². The van der Waals surface area contributed by atoms with Crippen molar-refractivity contribution < 1.29 is 0 Å². The van der Waals surface area contributed by atoms with Crippen molar-refractivity contribution in [3.8, 4) is 0 Å². The zero-order chi connectivity index (χ0) is 10.6. The number of anilines is 1. The number of rotatable bonds is 3. The molecule has 1 aromatic rings. The maximum absolute atomic E-state index is 2.23. The topological polar surface area (TPSA) is 3.24 Å². The molecule has 0 spiro atoms. The van der Waals surface area contributed by atoms with Crippen LogP contribution in [0.4, 0.5) is 5.69 Å². The summed E-state index contributed by atoms with van der Waals surface area (Å²) in [7, 11) is 2.11. The Kier molecular flexibility index (Phi) is 3.75. The number of hydrogen-bond acceptors (Lipinski definition) is 1. The maximum atomic E-state index is 2.23. The van der Waals surface area contributed by atoms with Crippen LogP contribution in [0.2, 0.25) is 0 Å². The highest BCUT2D eigenvalue weighted by Crippen LogP contribution is 2.15. The lowest BCUT2D eigenvalue weighted by atomic mass is 10.1. The summed E-state index contributed by atoms with van der Waals surface area (Å²) >= 11 is 0. The van der Waals surface area contributed by atoms with E-state index < -0.39 is 0 Å². The van der Waals surface area contributed by atoms with Gasteiger partial charge in [0, 0.05) is 19.3 Å². The van der Waals surface area contributed by atoms with Crippen LogP contribution >= 0.6 is 0 Å². The van der Waals surface area contributed by atoms with Gasteiger partial charge >= 0.3 is 0 Å². The van der Waals surface area contributed by atoms with Gasteiger partial charge in [-0.15, -0.1) is 0 Å². The third-order valence-electron chi connectivity index (χ3n) is 2.26. The van der Waals surface area contributed by atoms with Crippen molar-refractivity contribution >= 4 is 11.8 Å². The second-order valence-corrected chi connectivity index (χ2v) is 3.83. The van der Waals surface area contributed by atoms with Gasteiger partial charge in [-0.3, -0.25) is 0 Å². The standard InChI is InChI=1S/C13H19N/c1-5-14(4)13-8-6-12(7-9-13)10-11(2)3/h6-10H,5H2,1-4H3. The average molecular weight is 189 g/mol. The van der Waals surface area contributed by atoms with Crippen molar-refractivity contribution in [2.45, 2.75) is 20.8 Å². The summed E-state index contributed by atoms with van der Waals surface area (Å²) < 4.78 is 0. The Morgan fingerprint density at radius 1 is 1.21 bits per heavy atom. The lowest BCUT2D eigenvalue weighted by Gasteiger charge is -2.16. The van der Waals surface area contributed by atoms with Crippen molar-refractivity contribution in [1.29, 1.82) is 0 Å². The van der Waals surface area contributed by atoms with E-state index in [1.165, 1.54) is 16.8 Å². The summed E-state index contributed by atoms with van der Waals surface area (Å²) in [5.41, 5.74) is 3.89. The first-order valence-corrected chi connectivity index (χ1v) is 5.09. The molecule has 0 aliphatic heterocycles. The lowest BCUT2D eigenvalue weighted by molar-refractivity contribution is 0.968. The monoisotopic (exact) mass is 189 g/mol. The molecule has 0 saturated heterocycles. The van der Waals surface area contributed by atoms with Crippen molar-refractivity contribution in [1.82, 2.24) is 0 Å². The molecule has 0 atom stereocenters. The Bertz CT molecular complexity index is 305. The quantitative estimate of drug-likeness (QED) is 0.702. The van der Waals surface area contributed by atoms with E-state index >= 15 is 0 Å². The summed E-state index contributed by atoms with van der Waals surface area (Å²) in [4.78, 5) is 2.23. The fourth-order valence-electron chi connectivity index (χ4n) is 1.34. The van der Waals surface area contributed by atoms with Gasteiger partial charge in [0.2, 0.25) is 0 Å². The fourth-order valence-corrected chi connectivity index (χ4v) is 1.34. The van der Waals surface area contributed by atoms with Gasteiger partial charge in [-0.1, -0.05) is 23.8 Å². The predicted molar refractivity (Wildman–Crippen MR) is 64.7 cm³/mol. The number of allylic oxidation sites excluding steroid dienone is 1. The molecule has 0 aliphatic rings. The molecule has 76 valence electrons. The molecule has 0 saturated carbocycles. The summed E-state index contributed by atoms with van der Waals surface area (Å²) in [6.45, 7) is 7.43. The molecule has 0 aromatic heterocycles. The third-order valence-corrected chi connectivity index (χ3v) is 2.26.